The number of carbonyl (C=O) groups is 2. The van der Waals surface area contributed by atoms with Gasteiger partial charge in [-0.05, 0) is 57.4 Å². The molecule has 0 spiro atoms. The first-order valence-electron chi connectivity index (χ1n) is 12.9. The molecule has 0 bridgehead atoms. The van der Waals surface area contributed by atoms with Crippen molar-refractivity contribution < 1.29 is 19.1 Å². The highest BCUT2D eigenvalue weighted by molar-refractivity contribution is 5.99. The normalized spacial score (nSPS) is 23.5. The van der Waals surface area contributed by atoms with Gasteiger partial charge in [-0.2, -0.15) is 0 Å². The van der Waals surface area contributed by atoms with Crippen molar-refractivity contribution in [3.05, 3.63) is 65.2 Å². The number of guanidine groups is 1. The van der Waals surface area contributed by atoms with E-state index in [0.717, 1.165) is 23.3 Å². The molecular weight excluding hydrogens is 468 g/mol. The van der Waals surface area contributed by atoms with Gasteiger partial charge in [-0.3, -0.25) is 14.5 Å². The van der Waals surface area contributed by atoms with Crippen molar-refractivity contribution in [3.63, 3.8) is 0 Å². The third-order valence-electron chi connectivity index (χ3n) is 7.32. The second-order valence-corrected chi connectivity index (χ2v) is 10.8. The maximum Gasteiger partial charge on any atom is 0.251 e. The first kappa shape index (κ1) is 26.7. The Morgan fingerprint density at radius 1 is 1.24 bits per heavy atom. The largest absolute Gasteiger partial charge is 0.487 e. The van der Waals surface area contributed by atoms with Crippen molar-refractivity contribution in [2.45, 2.75) is 76.6 Å². The first-order valence-corrected chi connectivity index (χ1v) is 12.9. The number of nitrogens with one attached hydrogen (secondary N) is 1. The number of ether oxygens (including phenoxy) is 2. The SMILES string of the molecule is CCC1(C)CC(=O)N(C(CCOC)c2cccc(C(=O)NC3CC(C)(C)Oc4ccccc43)c2)C(N)=N1. The molecule has 8 nitrogen and oxygen atoms in total. The van der Waals surface area contributed by atoms with Crippen molar-refractivity contribution in [2.24, 2.45) is 10.7 Å². The van der Waals surface area contributed by atoms with Gasteiger partial charge in [0.25, 0.3) is 5.91 Å². The van der Waals surface area contributed by atoms with Crippen LogP contribution in [0.4, 0.5) is 0 Å². The Morgan fingerprint density at radius 2 is 2.00 bits per heavy atom. The molecule has 198 valence electrons. The van der Waals surface area contributed by atoms with Gasteiger partial charge >= 0.3 is 0 Å². The van der Waals surface area contributed by atoms with Gasteiger partial charge in [0.2, 0.25) is 5.91 Å². The Kier molecular flexibility index (Phi) is 7.59. The molecule has 37 heavy (non-hydrogen) atoms. The molecule has 2 aromatic rings. The summed E-state index contributed by atoms with van der Waals surface area (Å²) in [5, 5.41) is 3.20. The minimum atomic E-state index is -0.501. The Hall–Kier alpha value is -3.39. The number of aliphatic imine (C=N–C) groups is 1. The summed E-state index contributed by atoms with van der Waals surface area (Å²) in [6.07, 6.45) is 2.18. The van der Waals surface area contributed by atoms with E-state index in [1.807, 2.05) is 70.2 Å². The van der Waals surface area contributed by atoms with Crippen LogP contribution in [0.2, 0.25) is 0 Å². The van der Waals surface area contributed by atoms with Gasteiger partial charge in [-0.25, -0.2) is 4.99 Å². The second-order valence-electron chi connectivity index (χ2n) is 10.8. The van der Waals surface area contributed by atoms with E-state index in [0.29, 0.717) is 25.0 Å². The molecule has 0 aliphatic carbocycles. The number of carbonyl (C=O) groups excluding carboxylic acids is 2. The van der Waals surface area contributed by atoms with Crippen molar-refractivity contribution >= 4 is 17.8 Å². The molecule has 3 unspecified atom stereocenters. The highest BCUT2D eigenvalue weighted by Gasteiger charge is 2.39. The van der Waals surface area contributed by atoms with Crippen LogP contribution >= 0.6 is 0 Å². The molecule has 0 aromatic heterocycles. The fraction of sp³-hybridized carbons (Fsp3) is 0.483. The Balaban J connectivity index is 1.61. The molecule has 2 aliphatic heterocycles. The zero-order valence-corrected chi connectivity index (χ0v) is 22.4. The van der Waals surface area contributed by atoms with Crippen LogP contribution < -0.4 is 15.8 Å². The van der Waals surface area contributed by atoms with Crippen LogP contribution in [-0.4, -0.2) is 47.5 Å². The lowest BCUT2D eigenvalue weighted by Gasteiger charge is -2.39. The van der Waals surface area contributed by atoms with Crippen molar-refractivity contribution in [3.8, 4) is 5.75 Å². The lowest BCUT2D eigenvalue weighted by Crippen LogP contribution is -2.52. The zero-order valence-electron chi connectivity index (χ0n) is 22.4. The Labute approximate surface area is 219 Å². The van der Waals surface area contributed by atoms with E-state index < -0.39 is 17.2 Å². The van der Waals surface area contributed by atoms with Crippen molar-refractivity contribution in [1.29, 1.82) is 0 Å². The van der Waals surface area contributed by atoms with Crippen LogP contribution in [-0.2, 0) is 9.53 Å². The molecule has 0 saturated heterocycles. The quantitative estimate of drug-likeness (QED) is 0.548. The van der Waals surface area contributed by atoms with Crippen LogP contribution in [0.1, 0.15) is 86.9 Å². The van der Waals surface area contributed by atoms with Gasteiger partial charge in [0, 0.05) is 31.3 Å². The van der Waals surface area contributed by atoms with Gasteiger partial charge in [-0.15, -0.1) is 0 Å². The number of rotatable bonds is 8. The fourth-order valence-electron chi connectivity index (χ4n) is 5.18. The number of hydrogen-bond acceptors (Lipinski definition) is 6. The van der Waals surface area contributed by atoms with E-state index in [9.17, 15) is 9.59 Å². The van der Waals surface area contributed by atoms with E-state index >= 15 is 0 Å². The molecule has 0 radical (unpaired) electrons. The summed E-state index contributed by atoms with van der Waals surface area (Å²) >= 11 is 0. The monoisotopic (exact) mass is 506 g/mol. The summed E-state index contributed by atoms with van der Waals surface area (Å²) in [4.78, 5) is 32.9. The number of fused-ring (bicyclic) bond motifs is 1. The second kappa shape index (κ2) is 10.5. The number of benzene rings is 2. The molecule has 4 rings (SSSR count). The number of nitrogens with two attached hydrogens (primary N) is 1. The van der Waals surface area contributed by atoms with Gasteiger partial charge in [0.05, 0.1) is 24.0 Å². The summed E-state index contributed by atoms with van der Waals surface area (Å²) in [6.45, 7) is 8.42. The smallest absolute Gasteiger partial charge is 0.251 e. The van der Waals surface area contributed by atoms with E-state index in [4.69, 9.17) is 15.2 Å². The van der Waals surface area contributed by atoms with Crippen LogP contribution in [0.25, 0.3) is 0 Å². The van der Waals surface area contributed by atoms with E-state index in [1.165, 1.54) is 0 Å². The molecule has 8 heteroatoms. The minimum Gasteiger partial charge on any atom is -0.487 e. The maximum absolute atomic E-state index is 13.4. The van der Waals surface area contributed by atoms with Gasteiger partial charge in [0.1, 0.15) is 11.4 Å². The summed E-state index contributed by atoms with van der Waals surface area (Å²) in [7, 11) is 1.62. The number of methoxy groups -OCH3 is 1. The molecule has 2 heterocycles. The molecular formula is C29H38N4O4. The molecule has 2 amide bonds. The fourth-order valence-corrected chi connectivity index (χ4v) is 5.18. The third kappa shape index (κ3) is 5.80. The van der Waals surface area contributed by atoms with Gasteiger partial charge in [-0.1, -0.05) is 37.3 Å². The highest BCUT2D eigenvalue weighted by atomic mass is 16.5. The maximum atomic E-state index is 13.4. The topological polar surface area (TPSA) is 106 Å². The van der Waals surface area contributed by atoms with Crippen molar-refractivity contribution in [1.82, 2.24) is 10.2 Å². The van der Waals surface area contributed by atoms with E-state index in [-0.39, 0.29) is 30.2 Å². The minimum absolute atomic E-state index is 0.0751. The molecule has 3 N–H and O–H groups in total. The lowest BCUT2D eigenvalue weighted by molar-refractivity contribution is -0.131. The Bertz CT molecular complexity index is 1190. The predicted molar refractivity (Wildman–Crippen MR) is 143 cm³/mol. The van der Waals surface area contributed by atoms with Crippen LogP contribution in [0.3, 0.4) is 0 Å². The Morgan fingerprint density at radius 3 is 2.70 bits per heavy atom. The number of para-hydroxylation sites is 1. The van der Waals surface area contributed by atoms with Crippen LogP contribution in [0.15, 0.2) is 53.5 Å². The van der Waals surface area contributed by atoms with Crippen molar-refractivity contribution in [2.75, 3.05) is 13.7 Å². The average Bonchev–Trinajstić information content (AvgIpc) is 2.85. The first-order chi connectivity index (χ1) is 17.6. The number of nitrogens with zero attached hydrogens (tertiary/aromatic N) is 2. The van der Waals surface area contributed by atoms with E-state index in [2.05, 4.69) is 10.3 Å². The highest BCUT2D eigenvalue weighted by Crippen LogP contribution is 2.39. The molecule has 3 atom stereocenters. The third-order valence-corrected chi connectivity index (χ3v) is 7.32. The lowest BCUT2D eigenvalue weighted by atomic mass is 9.89. The average molecular weight is 507 g/mol. The predicted octanol–water partition coefficient (Wildman–Crippen LogP) is 4.51. The summed E-state index contributed by atoms with van der Waals surface area (Å²) in [6, 6.07) is 14.6. The molecule has 0 saturated carbocycles. The summed E-state index contributed by atoms with van der Waals surface area (Å²) in [5.74, 6) is 0.733. The van der Waals surface area contributed by atoms with Gasteiger partial charge < -0.3 is 20.5 Å². The molecule has 2 aliphatic rings. The zero-order chi connectivity index (χ0) is 26.8. The van der Waals surface area contributed by atoms with E-state index in [1.54, 1.807) is 18.1 Å². The molecule has 0 fully saturated rings. The summed E-state index contributed by atoms with van der Waals surface area (Å²) < 4.78 is 11.4. The standard InChI is InChI=1S/C29H38N4O4/c1-6-29(4)18-25(34)33(27(30)32-29)23(14-15-36-5)19-10-9-11-20(16-19)26(35)31-22-17-28(2,3)37-24-13-8-7-12-21(22)24/h7-13,16,22-23H,6,14-15,17-18H2,1-5H3,(H2,30,32)(H,31,35). The van der Waals surface area contributed by atoms with Crippen LogP contribution in [0, 0.1) is 0 Å². The number of amides is 2. The number of hydrogen-bond donors (Lipinski definition) is 2. The van der Waals surface area contributed by atoms with Gasteiger partial charge in [0.15, 0.2) is 5.96 Å². The molecule has 2 aromatic carbocycles. The van der Waals surface area contributed by atoms with Crippen LogP contribution in [0.5, 0.6) is 5.75 Å². The summed E-state index contributed by atoms with van der Waals surface area (Å²) in [5.41, 5.74) is 7.73.